The molecule has 0 radical (unpaired) electrons. The van der Waals surface area contributed by atoms with Crippen molar-refractivity contribution in [2.24, 2.45) is 0 Å². The molecule has 1 nitrogen and oxygen atoms in total. The Hall–Kier alpha value is -0.220. The van der Waals surface area contributed by atoms with Crippen molar-refractivity contribution in [3.8, 4) is 0 Å². The third kappa shape index (κ3) is 2.64. The van der Waals surface area contributed by atoms with E-state index in [9.17, 15) is 8.78 Å². The van der Waals surface area contributed by atoms with E-state index in [0.717, 1.165) is 17.0 Å². The highest BCUT2D eigenvalue weighted by Crippen LogP contribution is 2.30. The van der Waals surface area contributed by atoms with E-state index >= 15 is 0 Å². The van der Waals surface area contributed by atoms with Crippen molar-refractivity contribution in [1.29, 1.82) is 0 Å². The quantitative estimate of drug-likeness (QED) is 0.710. The van der Waals surface area contributed by atoms with Gasteiger partial charge < -0.3 is 4.74 Å². The molecule has 0 N–H and O–H groups in total. The van der Waals surface area contributed by atoms with Gasteiger partial charge in [0.05, 0.1) is 0 Å². The molecular weight excluding hydrogens is 254 g/mol. The topological polar surface area (TPSA) is 9.23 Å². The number of alkyl halides is 3. The van der Waals surface area contributed by atoms with Gasteiger partial charge in [-0.05, 0) is 31.1 Å². The van der Waals surface area contributed by atoms with Crippen molar-refractivity contribution >= 4 is 15.9 Å². The number of ether oxygens (including phenoxy) is 1. The molecule has 4 heteroatoms. The van der Waals surface area contributed by atoms with E-state index in [1.54, 1.807) is 13.0 Å². The van der Waals surface area contributed by atoms with Crippen LogP contribution in [-0.4, -0.2) is 24.0 Å². The fourth-order valence-corrected chi connectivity index (χ4v) is 1.75. The third-order valence-corrected chi connectivity index (χ3v) is 2.41. The van der Waals surface area contributed by atoms with Gasteiger partial charge in [-0.25, -0.2) is 8.78 Å². The number of allylic oxidation sites excluding steroid dienone is 2. The van der Waals surface area contributed by atoms with E-state index in [0.29, 0.717) is 6.42 Å². The molecule has 1 aliphatic rings. The second-order valence-corrected chi connectivity index (χ2v) is 3.84. The van der Waals surface area contributed by atoms with Crippen molar-refractivity contribution in [3.05, 3.63) is 23.8 Å². The van der Waals surface area contributed by atoms with Crippen molar-refractivity contribution in [1.82, 2.24) is 0 Å². The summed E-state index contributed by atoms with van der Waals surface area (Å²) in [6, 6.07) is 0. The van der Waals surface area contributed by atoms with Gasteiger partial charge in [-0.1, -0.05) is 22.0 Å². The summed E-state index contributed by atoms with van der Waals surface area (Å²) in [4.78, 5) is 0. The smallest absolute Gasteiger partial charge is 0.263 e. The van der Waals surface area contributed by atoms with E-state index in [1.807, 2.05) is 0 Å². The van der Waals surface area contributed by atoms with Crippen LogP contribution in [0.3, 0.4) is 0 Å². The van der Waals surface area contributed by atoms with Crippen molar-refractivity contribution in [3.63, 3.8) is 0 Å². The van der Waals surface area contributed by atoms with Crippen molar-refractivity contribution < 1.29 is 13.5 Å². The van der Waals surface area contributed by atoms with Gasteiger partial charge in [0.15, 0.2) is 6.17 Å². The minimum absolute atomic E-state index is 0.156. The van der Waals surface area contributed by atoms with Crippen LogP contribution in [0.15, 0.2) is 23.8 Å². The van der Waals surface area contributed by atoms with Gasteiger partial charge >= 0.3 is 0 Å². The van der Waals surface area contributed by atoms with Gasteiger partial charge in [0.25, 0.3) is 5.85 Å². The maximum atomic E-state index is 13.6. The number of hydrogen-bond donors (Lipinski definition) is 0. The average Bonchev–Trinajstić information content (AvgIpc) is 2.13. The Morgan fingerprint density at radius 1 is 1.64 bits per heavy atom. The molecule has 0 spiro atoms. The Bertz CT molecular complexity index is 253. The largest absolute Gasteiger partial charge is 0.340 e. The monoisotopic (exact) mass is 266 g/mol. The highest BCUT2D eigenvalue weighted by molar-refractivity contribution is 9.09. The van der Waals surface area contributed by atoms with Gasteiger partial charge in [0.1, 0.15) is 0 Å². The highest BCUT2D eigenvalue weighted by atomic mass is 79.9. The minimum atomic E-state index is -2.27. The van der Waals surface area contributed by atoms with Crippen LogP contribution >= 0.6 is 15.9 Å². The van der Waals surface area contributed by atoms with E-state index < -0.39 is 12.0 Å². The zero-order valence-corrected chi connectivity index (χ0v) is 9.56. The van der Waals surface area contributed by atoms with Gasteiger partial charge in [-0.2, -0.15) is 0 Å². The lowest BCUT2D eigenvalue weighted by atomic mass is 10.00. The summed E-state index contributed by atoms with van der Waals surface area (Å²) in [7, 11) is 0. The SMILES string of the molecule is CCOC1(F)C=CC(CCBr)=CC1F. The van der Waals surface area contributed by atoms with Crippen LogP contribution in [0.4, 0.5) is 8.78 Å². The molecule has 80 valence electrons. The molecule has 0 aromatic rings. The molecule has 0 saturated heterocycles. The molecule has 14 heavy (non-hydrogen) atoms. The lowest BCUT2D eigenvalue weighted by Crippen LogP contribution is -2.36. The van der Waals surface area contributed by atoms with E-state index in [4.69, 9.17) is 4.74 Å². The summed E-state index contributed by atoms with van der Waals surface area (Å²) < 4.78 is 31.7. The van der Waals surface area contributed by atoms with Gasteiger partial charge in [0.2, 0.25) is 0 Å². The van der Waals surface area contributed by atoms with Crippen LogP contribution in [0.25, 0.3) is 0 Å². The molecule has 0 bridgehead atoms. The van der Waals surface area contributed by atoms with Crippen molar-refractivity contribution in [2.75, 3.05) is 11.9 Å². The van der Waals surface area contributed by atoms with E-state index in [1.165, 1.54) is 6.08 Å². The molecule has 0 fully saturated rings. The molecule has 2 atom stereocenters. The van der Waals surface area contributed by atoms with Crippen LogP contribution < -0.4 is 0 Å². The Kier molecular flexibility index (Phi) is 4.26. The Balaban J connectivity index is 2.69. The van der Waals surface area contributed by atoms with Crippen LogP contribution in [0.1, 0.15) is 13.3 Å². The fourth-order valence-electron chi connectivity index (χ4n) is 1.29. The van der Waals surface area contributed by atoms with Crippen LogP contribution in [0.2, 0.25) is 0 Å². The number of rotatable bonds is 4. The zero-order chi connectivity index (χ0) is 10.6. The standard InChI is InChI=1S/C10H13BrF2O/c1-2-14-10(13)5-3-8(4-6-11)7-9(10)12/h3,5,7,9H,2,4,6H2,1H3. The average molecular weight is 267 g/mol. The highest BCUT2D eigenvalue weighted by Gasteiger charge is 2.38. The van der Waals surface area contributed by atoms with E-state index in [-0.39, 0.29) is 6.61 Å². The zero-order valence-electron chi connectivity index (χ0n) is 7.97. The van der Waals surface area contributed by atoms with E-state index in [2.05, 4.69) is 15.9 Å². The lowest BCUT2D eigenvalue weighted by Gasteiger charge is -2.26. The predicted molar refractivity (Wildman–Crippen MR) is 56.0 cm³/mol. The molecule has 0 heterocycles. The summed E-state index contributed by atoms with van der Waals surface area (Å²) in [6.07, 6.45) is 2.99. The summed E-state index contributed by atoms with van der Waals surface area (Å²) in [5.74, 6) is -2.27. The minimum Gasteiger partial charge on any atom is -0.340 e. The third-order valence-electron chi connectivity index (χ3n) is 2.01. The first kappa shape index (κ1) is 11.9. The van der Waals surface area contributed by atoms with Crippen molar-refractivity contribution in [2.45, 2.75) is 25.4 Å². The Labute approximate surface area is 91.0 Å². The normalized spacial score (nSPS) is 31.7. The number of halogens is 3. The maximum absolute atomic E-state index is 13.6. The second-order valence-electron chi connectivity index (χ2n) is 3.05. The first-order chi connectivity index (χ1) is 6.62. The molecule has 0 aliphatic heterocycles. The van der Waals surface area contributed by atoms with Gasteiger partial charge in [-0.15, -0.1) is 0 Å². The van der Waals surface area contributed by atoms with Crippen LogP contribution in [0.5, 0.6) is 0 Å². The lowest BCUT2D eigenvalue weighted by molar-refractivity contribution is -0.136. The molecular formula is C10H13BrF2O. The van der Waals surface area contributed by atoms with Gasteiger partial charge in [0, 0.05) is 11.9 Å². The first-order valence-corrected chi connectivity index (χ1v) is 5.67. The molecule has 1 rings (SSSR count). The summed E-state index contributed by atoms with van der Waals surface area (Å²) in [6.45, 7) is 1.79. The summed E-state index contributed by atoms with van der Waals surface area (Å²) in [5.41, 5.74) is 0.794. The molecule has 0 saturated carbocycles. The molecule has 2 unspecified atom stereocenters. The first-order valence-electron chi connectivity index (χ1n) is 4.55. The molecule has 0 aromatic heterocycles. The van der Waals surface area contributed by atoms with Crippen LogP contribution in [0, 0.1) is 0 Å². The molecule has 1 aliphatic carbocycles. The summed E-state index contributed by atoms with van der Waals surface area (Å²) in [5, 5.41) is 0.740. The summed E-state index contributed by atoms with van der Waals surface area (Å²) >= 11 is 3.24. The Morgan fingerprint density at radius 3 is 2.86 bits per heavy atom. The van der Waals surface area contributed by atoms with Gasteiger partial charge in [-0.3, -0.25) is 0 Å². The fraction of sp³-hybridized carbons (Fsp3) is 0.600. The second kappa shape index (κ2) is 5.03. The predicted octanol–water partition coefficient (Wildman–Crippen LogP) is 3.31. The van der Waals surface area contributed by atoms with Crippen LogP contribution in [-0.2, 0) is 4.74 Å². The number of hydrogen-bond acceptors (Lipinski definition) is 1. The molecule has 0 amide bonds. The molecule has 0 aromatic carbocycles. The maximum Gasteiger partial charge on any atom is 0.263 e. The Morgan fingerprint density at radius 2 is 2.36 bits per heavy atom.